The number of nitrogens with one attached hydrogen (secondary N) is 2. The number of thiol groups is 1. The number of carbonyl (C=O) groups is 4. The highest BCUT2D eigenvalue weighted by atomic mass is 32.1. The van der Waals surface area contributed by atoms with Gasteiger partial charge < -0.3 is 31.5 Å². The number of carboxylic acid groups (broad SMARTS) is 1. The van der Waals surface area contributed by atoms with Gasteiger partial charge in [-0.05, 0) is 36.5 Å². The summed E-state index contributed by atoms with van der Waals surface area (Å²) in [4.78, 5) is 51.8. The van der Waals surface area contributed by atoms with Gasteiger partial charge in [0.1, 0.15) is 23.9 Å². The number of phenolic OH excluding ortho intramolecular Hbond substituents is 1. The maximum absolute atomic E-state index is 13.5. The van der Waals surface area contributed by atoms with Gasteiger partial charge in [0, 0.05) is 18.7 Å². The third kappa shape index (κ3) is 7.10. The number of carboxylic acids is 1. The van der Waals surface area contributed by atoms with E-state index in [0.29, 0.717) is 31.4 Å². The lowest BCUT2D eigenvalue weighted by Gasteiger charge is -2.30. The fourth-order valence-electron chi connectivity index (χ4n) is 3.80. The van der Waals surface area contributed by atoms with E-state index in [-0.39, 0.29) is 23.8 Å². The Morgan fingerprint density at radius 2 is 1.82 bits per heavy atom. The molecule has 6 N–H and O–H groups in total. The molecule has 1 aliphatic rings. The largest absolute Gasteiger partial charge is 0.508 e. The lowest BCUT2D eigenvalue weighted by Crippen LogP contribution is -2.58. The van der Waals surface area contributed by atoms with Crippen LogP contribution in [0.5, 0.6) is 5.75 Å². The van der Waals surface area contributed by atoms with Crippen molar-refractivity contribution in [3.8, 4) is 5.75 Å². The van der Waals surface area contributed by atoms with Crippen molar-refractivity contribution in [2.45, 2.75) is 63.7 Å². The molecule has 1 saturated heterocycles. The summed E-state index contributed by atoms with van der Waals surface area (Å²) in [6.07, 6.45) is 1.77. The number of nitrogens with two attached hydrogens (primary N) is 1. The van der Waals surface area contributed by atoms with E-state index < -0.39 is 47.9 Å². The lowest BCUT2D eigenvalue weighted by atomic mass is 9.98. The third-order valence-electron chi connectivity index (χ3n) is 6.19. The van der Waals surface area contributed by atoms with Crippen LogP contribution in [0, 0.1) is 5.92 Å². The number of benzene rings is 1. The van der Waals surface area contributed by atoms with Crippen molar-refractivity contribution < 1.29 is 29.4 Å². The first kappa shape index (κ1) is 27.5. The molecule has 0 spiro atoms. The minimum absolute atomic E-state index is 0.0721. The molecule has 0 saturated carbocycles. The van der Waals surface area contributed by atoms with Crippen molar-refractivity contribution in [1.82, 2.24) is 15.5 Å². The molecule has 0 aromatic heterocycles. The number of aromatic hydroxyl groups is 1. The van der Waals surface area contributed by atoms with Crippen molar-refractivity contribution in [2.24, 2.45) is 11.7 Å². The number of hydrogen-bond acceptors (Lipinski definition) is 7. The summed E-state index contributed by atoms with van der Waals surface area (Å²) in [7, 11) is 0. The van der Waals surface area contributed by atoms with Gasteiger partial charge >= 0.3 is 5.97 Å². The molecule has 34 heavy (non-hydrogen) atoms. The van der Waals surface area contributed by atoms with Gasteiger partial charge in [-0.3, -0.25) is 14.4 Å². The lowest BCUT2D eigenvalue weighted by molar-refractivity contribution is -0.144. The summed E-state index contributed by atoms with van der Waals surface area (Å²) in [6.45, 7) is 4.07. The first-order chi connectivity index (χ1) is 16.1. The zero-order valence-corrected chi connectivity index (χ0v) is 20.3. The van der Waals surface area contributed by atoms with Crippen LogP contribution >= 0.6 is 12.6 Å². The molecule has 1 aromatic carbocycles. The van der Waals surface area contributed by atoms with Crippen LogP contribution in [0.1, 0.15) is 38.7 Å². The zero-order chi connectivity index (χ0) is 25.4. The standard InChI is InChI=1S/C23H34N4O6S/c1-3-13(2)19(24)21(30)25-16(11-14-6-8-15(28)9-7-14)22(31)27-10-4-5-18(27)20(29)26-17(12-34)23(32)33/h6-9,13,16-19,28,34H,3-5,10-12,24H2,1-2H3,(H,25,30)(H,26,29)(H,32,33). The van der Waals surface area contributed by atoms with Gasteiger partial charge in [0.25, 0.3) is 0 Å². The summed E-state index contributed by atoms with van der Waals surface area (Å²) in [5.41, 5.74) is 6.77. The number of likely N-dealkylation sites (tertiary alicyclic amines) is 1. The topological polar surface area (TPSA) is 162 Å². The molecule has 1 fully saturated rings. The summed E-state index contributed by atoms with van der Waals surface area (Å²) < 4.78 is 0. The molecule has 0 radical (unpaired) electrons. The molecule has 2 rings (SSSR count). The van der Waals surface area contributed by atoms with E-state index in [2.05, 4.69) is 23.3 Å². The van der Waals surface area contributed by atoms with E-state index in [1.54, 1.807) is 12.1 Å². The van der Waals surface area contributed by atoms with Crippen molar-refractivity contribution in [3.63, 3.8) is 0 Å². The van der Waals surface area contributed by atoms with Crippen LogP contribution in [-0.4, -0.2) is 75.3 Å². The second-order valence-corrected chi connectivity index (χ2v) is 8.98. The van der Waals surface area contributed by atoms with Crippen LogP contribution < -0.4 is 16.4 Å². The summed E-state index contributed by atoms with van der Waals surface area (Å²) in [6, 6.07) is 2.46. The fourth-order valence-corrected chi connectivity index (χ4v) is 4.05. The van der Waals surface area contributed by atoms with Gasteiger partial charge in [0.15, 0.2) is 0 Å². The SMILES string of the molecule is CCC(C)C(N)C(=O)NC(Cc1ccc(O)cc1)C(=O)N1CCCC1C(=O)NC(CS)C(=O)O. The maximum atomic E-state index is 13.5. The second-order valence-electron chi connectivity index (χ2n) is 8.61. The highest BCUT2D eigenvalue weighted by molar-refractivity contribution is 7.80. The van der Waals surface area contributed by atoms with E-state index in [0.717, 1.165) is 0 Å². The fraction of sp³-hybridized carbons (Fsp3) is 0.565. The van der Waals surface area contributed by atoms with Crippen LogP contribution in [0.25, 0.3) is 0 Å². The molecule has 1 aromatic rings. The van der Waals surface area contributed by atoms with Crippen molar-refractivity contribution in [1.29, 1.82) is 0 Å². The molecule has 10 nitrogen and oxygen atoms in total. The first-order valence-corrected chi connectivity index (χ1v) is 12.0. The minimum Gasteiger partial charge on any atom is -0.508 e. The van der Waals surface area contributed by atoms with Gasteiger partial charge in [-0.2, -0.15) is 12.6 Å². The average Bonchev–Trinajstić information content (AvgIpc) is 3.31. The third-order valence-corrected chi connectivity index (χ3v) is 6.55. The molecule has 0 bridgehead atoms. The number of aliphatic carboxylic acids is 1. The summed E-state index contributed by atoms with van der Waals surface area (Å²) >= 11 is 3.96. The molecule has 1 heterocycles. The second kappa shape index (κ2) is 12.6. The van der Waals surface area contributed by atoms with Gasteiger partial charge in [0.05, 0.1) is 6.04 Å². The van der Waals surface area contributed by atoms with Gasteiger partial charge in [-0.25, -0.2) is 4.79 Å². The van der Waals surface area contributed by atoms with E-state index in [9.17, 15) is 29.4 Å². The number of hydrogen-bond donors (Lipinski definition) is 6. The molecular formula is C23H34N4O6S. The van der Waals surface area contributed by atoms with E-state index in [4.69, 9.17) is 5.73 Å². The Morgan fingerprint density at radius 1 is 1.18 bits per heavy atom. The van der Waals surface area contributed by atoms with Crippen LogP contribution in [0.2, 0.25) is 0 Å². The summed E-state index contributed by atoms with van der Waals surface area (Å²) in [5, 5.41) is 23.9. The van der Waals surface area contributed by atoms with Crippen LogP contribution in [0.3, 0.4) is 0 Å². The number of phenols is 1. The molecule has 5 unspecified atom stereocenters. The van der Waals surface area contributed by atoms with Crippen molar-refractivity contribution in [3.05, 3.63) is 29.8 Å². The normalized spacial score (nSPS) is 19.1. The molecule has 3 amide bonds. The first-order valence-electron chi connectivity index (χ1n) is 11.4. The van der Waals surface area contributed by atoms with Gasteiger partial charge in [-0.1, -0.05) is 32.4 Å². The monoisotopic (exact) mass is 494 g/mol. The number of nitrogens with zero attached hydrogens (tertiary/aromatic N) is 1. The number of amides is 3. The Kier molecular flexibility index (Phi) is 10.2. The van der Waals surface area contributed by atoms with Crippen LogP contribution in [0.15, 0.2) is 24.3 Å². The zero-order valence-electron chi connectivity index (χ0n) is 19.4. The Bertz CT molecular complexity index is 881. The van der Waals surface area contributed by atoms with Crippen LogP contribution in [-0.2, 0) is 25.6 Å². The van der Waals surface area contributed by atoms with Gasteiger partial charge in [-0.15, -0.1) is 0 Å². The predicted molar refractivity (Wildman–Crippen MR) is 129 cm³/mol. The number of carbonyl (C=O) groups excluding carboxylic acids is 3. The van der Waals surface area contributed by atoms with E-state index >= 15 is 0 Å². The minimum atomic E-state index is -1.21. The molecule has 11 heteroatoms. The Morgan fingerprint density at radius 3 is 2.38 bits per heavy atom. The predicted octanol–water partition coefficient (Wildman–Crippen LogP) is 0.283. The Labute approximate surface area is 204 Å². The smallest absolute Gasteiger partial charge is 0.327 e. The Hall–Kier alpha value is -2.79. The highest BCUT2D eigenvalue weighted by Gasteiger charge is 2.39. The molecule has 188 valence electrons. The maximum Gasteiger partial charge on any atom is 0.327 e. The van der Waals surface area contributed by atoms with Crippen LogP contribution in [0.4, 0.5) is 0 Å². The van der Waals surface area contributed by atoms with Crippen molar-refractivity contribution >= 4 is 36.3 Å². The quantitative estimate of drug-likeness (QED) is 0.241. The average molecular weight is 495 g/mol. The molecule has 5 atom stereocenters. The van der Waals surface area contributed by atoms with Crippen molar-refractivity contribution in [2.75, 3.05) is 12.3 Å². The van der Waals surface area contributed by atoms with Gasteiger partial charge in [0.2, 0.25) is 17.7 Å². The van der Waals surface area contributed by atoms with E-state index in [1.807, 2.05) is 13.8 Å². The number of rotatable bonds is 11. The van der Waals surface area contributed by atoms with E-state index in [1.165, 1.54) is 17.0 Å². The molecular weight excluding hydrogens is 460 g/mol. The Balaban J connectivity index is 2.24. The molecule has 1 aliphatic heterocycles. The summed E-state index contributed by atoms with van der Waals surface area (Å²) in [5.74, 6) is -2.81. The molecule has 0 aliphatic carbocycles. The highest BCUT2D eigenvalue weighted by Crippen LogP contribution is 2.21.